The third-order valence-corrected chi connectivity index (χ3v) is 8.76. The maximum absolute atomic E-state index is 14.1. The van der Waals surface area contributed by atoms with Gasteiger partial charge in [0, 0.05) is 44.5 Å². The van der Waals surface area contributed by atoms with Crippen LogP contribution in [0.15, 0.2) is 42.5 Å². The first-order valence-electron chi connectivity index (χ1n) is 13.9. The van der Waals surface area contributed by atoms with E-state index in [1.807, 2.05) is 19.1 Å². The second kappa shape index (κ2) is 12.4. The Kier molecular flexibility index (Phi) is 9.35. The van der Waals surface area contributed by atoms with Gasteiger partial charge < -0.3 is 20.2 Å². The Labute approximate surface area is 238 Å². The number of nitrogens with one attached hydrogen (secondary N) is 1. The van der Waals surface area contributed by atoms with E-state index in [2.05, 4.69) is 10.2 Å². The SMILES string of the molecule is CCc1cccc([C@@](O)(C(=O)N2CCC(CC3CCN(c4ccc(C(=O)NC)c(Cl)c4)CC3)CC2)C(F)(F)F)c1. The fourth-order valence-electron chi connectivity index (χ4n) is 5.94. The molecule has 2 amide bonds. The number of rotatable bonds is 7. The molecule has 2 aliphatic rings. The van der Waals surface area contributed by atoms with Gasteiger partial charge in [-0.1, -0.05) is 42.8 Å². The number of carbonyl (C=O) groups excluding carboxylic acids is 2. The lowest BCUT2D eigenvalue weighted by molar-refractivity contribution is -0.262. The quantitative estimate of drug-likeness (QED) is 0.451. The number of halogens is 4. The molecule has 2 aromatic carbocycles. The number of hydrogen-bond donors (Lipinski definition) is 2. The maximum Gasteiger partial charge on any atom is 0.430 e. The van der Waals surface area contributed by atoms with Crippen LogP contribution in [0.4, 0.5) is 18.9 Å². The van der Waals surface area contributed by atoms with E-state index in [0.717, 1.165) is 38.0 Å². The number of hydrogen-bond acceptors (Lipinski definition) is 4. The van der Waals surface area contributed by atoms with Crippen LogP contribution in [-0.4, -0.2) is 61.2 Å². The molecule has 2 aromatic rings. The van der Waals surface area contributed by atoms with Crippen LogP contribution in [0, 0.1) is 11.8 Å². The van der Waals surface area contributed by atoms with Gasteiger partial charge in [0.1, 0.15) is 0 Å². The molecule has 4 rings (SSSR count). The fourth-order valence-corrected chi connectivity index (χ4v) is 6.20. The molecule has 6 nitrogen and oxygen atoms in total. The summed E-state index contributed by atoms with van der Waals surface area (Å²) < 4.78 is 42.4. The van der Waals surface area contributed by atoms with Crippen LogP contribution < -0.4 is 10.2 Å². The van der Waals surface area contributed by atoms with Gasteiger partial charge in [-0.15, -0.1) is 0 Å². The first-order chi connectivity index (χ1) is 19.0. The molecule has 0 saturated carbocycles. The molecule has 2 fully saturated rings. The predicted octanol–water partition coefficient (Wildman–Crippen LogP) is 5.56. The number of nitrogens with zero attached hydrogens (tertiary/aromatic N) is 2. The highest BCUT2D eigenvalue weighted by Crippen LogP contribution is 2.42. The summed E-state index contributed by atoms with van der Waals surface area (Å²) in [6.45, 7) is 3.92. The van der Waals surface area contributed by atoms with Crippen molar-refractivity contribution in [1.82, 2.24) is 10.2 Å². The van der Waals surface area contributed by atoms with Crippen molar-refractivity contribution in [1.29, 1.82) is 0 Å². The smallest absolute Gasteiger partial charge is 0.371 e. The largest absolute Gasteiger partial charge is 0.430 e. The third-order valence-electron chi connectivity index (χ3n) is 8.45. The van der Waals surface area contributed by atoms with Gasteiger partial charge in [0.2, 0.25) is 0 Å². The highest BCUT2D eigenvalue weighted by Gasteiger charge is 2.62. The zero-order valence-corrected chi connectivity index (χ0v) is 23.7. The average molecular weight is 580 g/mol. The van der Waals surface area contributed by atoms with Crippen molar-refractivity contribution >= 4 is 29.1 Å². The summed E-state index contributed by atoms with van der Waals surface area (Å²) in [7, 11) is 1.56. The van der Waals surface area contributed by atoms with Crippen LogP contribution in [0.25, 0.3) is 0 Å². The van der Waals surface area contributed by atoms with E-state index in [1.54, 1.807) is 19.2 Å². The minimum atomic E-state index is -5.13. The lowest BCUT2D eigenvalue weighted by Crippen LogP contribution is -2.57. The Morgan fingerprint density at radius 3 is 2.17 bits per heavy atom. The van der Waals surface area contributed by atoms with Crippen LogP contribution in [0.3, 0.4) is 0 Å². The molecule has 2 heterocycles. The van der Waals surface area contributed by atoms with Gasteiger partial charge in [-0.05, 0) is 74.1 Å². The first kappa shape index (κ1) is 30.2. The number of likely N-dealkylation sites (tertiary alicyclic amines) is 1. The summed E-state index contributed by atoms with van der Waals surface area (Å²) in [6, 6.07) is 11.0. The highest BCUT2D eigenvalue weighted by molar-refractivity contribution is 6.34. The molecule has 10 heteroatoms. The molecular formula is C30H37ClF3N3O3. The number of amides is 2. The first-order valence-corrected chi connectivity index (χ1v) is 14.3. The number of alkyl halides is 3. The van der Waals surface area contributed by atoms with E-state index in [1.165, 1.54) is 23.1 Å². The van der Waals surface area contributed by atoms with Crippen molar-refractivity contribution in [3.05, 3.63) is 64.2 Å². The molecule has 2 aliphatic heterocycles. The topological polar surface area (TPSA) is 72.9 Å². The van der Waals surface area contributed by atoms with Crippen LogP contribution in [0.2, 0.25) is 5.02 Å². The molecule has 0 aromatic heterocycles. The molecule has 0 radical (unpaired) electrons. The van der Waals surface area contributed by atoms with E-state index in [4.69, 9.17) is 11.6 Å². The summed E-state index contributed by atoms with van der Waals surface area (Å²) in [5.74, 6) is -0.699. The number of carbonyl (C=O) groups is 2. The number of benzene rings is 2. The Bertz CT molecular complexity index is 1210. The molecule has 40 heavy (non-hydrogen) atoms. The zero-order chi connectivity index (χ0) is 29.1. The average Bonchev–Trinajstić information content (AvgIpc) is 2.96. The lowest BCUT2D eigenvalue weighted by atomic mass is 9.82. The molecule has 1 atom stereocenters. The highest BCUT2D eigenvalue weighted by atomic mass is 35.5. The number of aliphatic hydroxyl groups is 1. The van der Waals surface area contributed by atoms with Crippen molar-refractivity contribution in [2.75, 3.05) is 38.1 Å². The van der Waals surface area contributed by atoms with Crippen LogP contribution >= 0.6 is 11.6 Å². The molecule has 0 unspecified atom stereocenters. The van der Waals surface area contributed by atoms with Gasteiger partial charge in [-0.25, -0.2) is 0 Å². The van der Waals surface area contributed by atoms with E-state index in [9.17, 15) is 27.9 Å². The van der Waals surface area contributed by atoms with E-state index < -0.39 is 23.2 Å². The van der Waals surface area contributed by atoms with Crippen molar-refractivity contribution in [3.63, 3.8) is 0 Å². The van der Waals surface area contributed by atoms with Gasteiger partial charge >= 0.3 is 6.18 Å². The monoisotopic (exact) mass is 579 g/mol. The van der Waals surface area contributed by atoms with Crippen molar-refractivity contribution in [3.8, 4) is 0 Å². The number of anilines is 1. The van der Waals surface area contributed by atoms with Crippen molar-refractivity contribution in [2.24, 2.45) is 11.8 Å². The minimum absolute atomic E-state index is 0.199. The van der Waals surface area contributed by atoms with Crippen LogP contribution in [0.1, 0.15) is 60.5 Å². The fraction of sp³-hybridized carbons (Fsp3) is 0.533. The third kappa shape index (κ3) is 6.25. The second-order valence-electron chi connectivity index (χ2n) is 10.9. The van der Waals surface area contributed by atoms with Gasteiger partial charge in [0.05, 0.1) is 10.6 Å². The van der Waals surface area contributed by atoms with E-state index >= 15 is 0 Å². The van der Waals surface area contributed by atoms with Crippen molar-refractivity contribution in [2.45, 2.75) is 57.2 Å². The van der Waals surface area contributed by atoms with Gasteiger partial charge in [0.25, 0.3) is 17.4 Å². The van der Waals surface area contributed by atoms with Crippen LogP contribution in [0.5, 0.6) is 0 Å². The molecule has 0 bridgehead atoms. The summed E-state index contributed by atoms with van der Waals surface area (Å²) in [5, 5.41) is 13.8. The lowest BCUT2D eigenvalue weighted by Gasteiger charge is -2.40. The van der Waals surface area contributed by atoms with Gasteiger partial charge in [-0.2, -0.15) is 13.2 Å². The van der Waals surface area contributed by atoms with Gasteiger partial charge in [-0.3, -0.25) is 9.59 Å². The van der Waals surface area contributed by atoms with E-state index in [-0.39, 0.29) is 19.0 Å². The standard InChI is InChI=1S/C30H37ClF3N3O3/c1-3-20-5-4-6-23(18-20)29(40,30(32,33)34)28(39)37-15-11-22(12-16-37)17-21-9-13-36(14-10-21)24-7-8-25(26(31)19-24)27(38)35-2/h4-8,18-19,21-22,40H,3,9-17H2,1-2H3,(H,35,38)/t29-/m1/s1. The summed E-state index contributed by atoms with van der Waals surface area (Å²) in [6.07, 6.45) is -0.470. The summed E-state index contributed by atoms with van der Waals surface area (Å²) >= 11 is 6.32. The molecule has 0 spiro atoms. The molecular weight excluding hydrogens is 543 g/mol. The van der Waals surface area contributed by atoms with E-state index in [0.29, 0.717) is 47.2 Å². The Hall–Kier alpha value is -2.78. The van der Waals surface area contributed by atoms with Crippen LogP contribution in [-0.2, 0) is 16.8 Å². The predicted molar refractivity (Wildman–Crippen MR) is 149 cm³/mol. The minimum Gasteiger partial charge on any atom is -0.371 e. The molecule has 2 N–H and O–H groups in total. The second-order valence-corrected chi connectivity index (χ2v) is 11.3. The van der Waals surface area contributed by atoms with Crippen molar-refractivity contribution < 1.29 is 27.9 Å². The number of piperidine rings is 2. The maximum atomic E-state index is 14.1. The zero-order valence-electron chi connectivity index (χ0n) is 22.9. The Morgan fingerprint density at radius 2 is 1.62 bits per heavy atom. The number of aryl methyl sites for hydroxylation is 1. The summed E-state index contributed by atoms with van der Waals surface area (Å²) in [5.41, 5.74) is -1.94. The Morgan fingerprint density at radius 1 is 1.00 bits per heavy atom. The molecule has 218 valence electrons. The normalized spacial score (nSPS) is 18.9. The molecule has 2 saturated heterocycles. The van der Waals surface area contributed by atoms with Gasteiger partial charge in [0.15, 0.2) is 0 Å². The Balaban J connectivity index is 1.31. The summed E-state index contributed by atoms with van der Waals surface area (Å²) in [4.78, 5) is 28.5. The molecule has 0 aliphatic carbocycles.